The molecule has 0 aliphatic rings. The van der Waals surface area contributed by atoms with Crippen LogP contribution in [0.4, 0.5) is 20.2 Å². The highest BCUT2D eigenvalue weighted by Crippen LogP contribution is 2.27. The van der Waals surface area contributed by atoms with Gasteiger partial charge >= 0.3 is 0 Å². The van der Waals surface area contributed by atoms with E-state index in [1.807, 2.05) is 0 Å². The standard InChI is InChI=1S/C12H9BrF2N2O2S/c13-7-3-1-2-4-11(7)17-20(18,19)12-6-10(16)8(14)5-9(12)15/h1-6,17H,16H2. The topological polar surface area (TPSA) is 72.2 Å². The van der Waals surface area contributed by atoms with Gasteiger partial charge in [-0.1, -0.05) is 12.1 Å². The molecule has 8 heteroatoms. The molecule has 0 saturated heterocycles. The number of benzene rings is 2. The van der Waals surface area contributed by atoms with Gasteiger partial charge in [0.2, 0.25) is 0 Å². The average molecular weight is 363 g/mol. The SMILES string of the molecule is Nc1cc(S(=O)(=O)Nc2ccccc2Br)c(F)cc1F. The van der Waals surface area contributed by atoms with Crippen LogP contribution in [0.3, 0.4) is 0 Å². The van der Waals surface area contributed by atoms with E-state index >= 15 is 0 Å². The van der Waals surface area contributed by atoms with Crippen molar-refractivity contribution in [1.82, 2.24) is 0 Å². The fraction of sp³-hybridized carbons (Fsp3) is 0. The first kappa shape index (κ1) is 14.7. The Morgan fingerprint density at radius 2 is 1.75 bits per heavy atom. The summed E-state index contributed by atoms with van der Waals surface area (Å²) in [5.41, 5.74) is 5.05. The van der Waals surface area contributed by atoms with E-state index in [-0.39, 0.29) is 5.69 Å². The zero-order valence-corrected chi connectivity index (χ0v) is 12.3. The van der Waals surface area contributed by atoms with Crippen LogP contribution in [0.5, 0.6) is 0 Å². The molecule has 0 heterocycles. The van der Waals surface area contributed by atoms with Crippen molar-refractivity contribution in [2.24, 2.45) is 0 Å². The molecule has 0 radical (unpaired) electrons. The van der Waals surface area contributed by atoms with Gasteiger partial charge in [-0.25, -0.2) is 17.2 Å². The quantitative estimate of drug-likeness (QED) is 0.824. The Hall–Kier alpha value is -1.67. The smallest absolute Gasteiger partial charge is 0.264 e. The van der Waals surface area contributed by atoms with Gasteiger partial charge < -0.3 is 5.73 Å². The minimum atomic E-state index is -4.21. The Bertz CT molecular complexity index is 766. The summed E-state index contributed by atoms with van der Waals surface area (Å²) in [4.78, 5) is -0.716. The summed E-state index contributed by atoms with van der Waals surface area (Å²) in [7, 11) is -4.21. The highest BCUT2D eigenvalue weighted by molar-refractivity contribution is 9.10. The monoisotopic (exact) mass is 362 g/mol. The average Bonchev–Trinajstić information content (AvgIpc) is 2.36. The van der Waals surface area contributed by atoms with Crippen LogP contribution < -0.4 is 10.5 Å². The Labute approximate surface area is 122 Å². The van der Waals surface area contributed by atoms with Crippen LogP contribution in [0.15, 0.2) is 45.8 Å². The first-order chi connectivity index (χ1) is 9.31. The molecular weight excluding hydrogens is 354 g/mol. The van der Waals surface area contributed by atoms with E-state index in [4.69, 9.17) is 5.73 Å². The molecule has 20 heavy (non-hydrogen) atoms. The molecule has 4 nitrogen and oxygen atoms in total. The zero-order valence-electron chi connectivity index (χ0n) is 9.90. The summed E-state index contributed by atoms with van der Waals surface area (Å²) >= 11 is 3.16. The maximum Gasteiger partial charge on any atom is 0.264 e. The van der Waals surface area contributed by atoms with Crippen molar-refractivity contribution in [2.45, 2.75) is 4.90 Å². The van der Waals surface area contributed by atoms with Crippen LogP contribution in [0.2, 0.25) is 0 Å². The van der Waals surface area contributed by atoms with Crippen molar-refractivity contribution in [2.75, 3.05) is 10.5 Å². The highest BCUT2D eigenvalue weighted by Gasteiger charge is 2.22. The van der Waals surface area contributed by atoms with Gasteiger partial charge in [-0.15, -0.1) is 0 Å². The Morgan fingerprint density at radius 1 is 1.10 bits per heavy atom. The van der Waals surface area contributed by atoms with Gasteiger partial charge in [-0.05, 0) is 34.1 Å². The number of hydrogen-bond acceptors (Lipinski definition) is 3. The fourth-order valence-electron chi connectivity index (χ4n) is 1.49. The number of para-hydroxylation sites is 1. The molecule has 0 aliphatic carbocycles. The van der Waals surface area contributed by atoms with E-state index in [1.54, 1.807) is 18.2 Å². The molecule has 0 fully saturated rings. The van der Waals surface area contributed by atoms with Crippen molar-refractivity contribution in [3.63, 3.8) is 0 Å². The lowest BCUT2D eigenvalue weighted by Gasteiger charge is -2.11. The van der Waals surface area contributed by atoms with Crippen LogP contribution in [0.25, 0.3) is 0 Å². The third-order valence-electron chi connectivity index (χ3n) is 2.46. The predicted molar refractivity (Wildman–Crippen MR) is 75.7 cm³/mol. The summed E-state index contributed by atoms with van der Waals surface area (Å²) in [6.45, 7) is 0. The molecule has 0 unspecified atom stereocenters. The second kappa shape index (κ2) is 5.37. The van der Waals surface area contributed by atoms with Crippen molar-refractivity contribution >= 4 is 37.3 Å². The number of nitrogens with one attached hydrogen (secondary N) is 1. The van der Waals surface area contributed by atoms with Gasteiger partial charge in [0.25, 0.3) is 10.0 Å². The molecule has 0 bridgehead atoms. The van der Waals surface area contributed by atoms with Crippen LogP contribution in [-0.2, 0) is 10.0 Å². The number of anilines is 2. The number of sulfonamides is 1. The molecule has 3 N–H and O–H groups in total. The molecule has 2 aromatic rings. The second-order valence-electron chi connectivity index (χ2n) is 3.89. The fourth-order valence-corrected chi connectivity index (χ4v) is 3.18. The molecule has 106 valence electrons. The third-order valence-corrected chi connectivity index (χ3v) is 4.53. The van der Waals surface area contributed by atoms with E-state index in [9.17, 15) is 17.2 Å². The van der Waals surface area contributed by atoms with E-state index in [2.05, 4.69) is 20.7 Å². The van der Waals surface area contributed by atoms with Crippen molar-refractivity contribution in [3.8, 4) is 0 Å². The molecule has 2 aromatic carbocycles. The molecule has 0 amide bonds. The molecule has 0 atom stereocenters. The minimum absolute atomic E-state index is 0.231. The molecule has 0 aliphatic heterocycles. The van der Waals surface area contributed by atoms with Crippen LogP contribution >= 0.6 is 15.9 Å². The lowest BCUT2D eigenvalue weighted by molar-refractivity contribution is 0.553. The lowest BCUT2D eigenvalue weighted by atomic mass is 10.3. The van der Waals surface area contributed by atoms with Gasteiger partial charge in [-0.2, -0.15) is 0 Å². The Balaban J connectivity index is 2.47. The zero-order chi connectivity index (χ0) is 14.9. The van der Waals surface area contributed by atoms with Crippen molar-refractivity contribution < 1.29 is 17.2 Å². The van der Waals surface area contributed by atoms with Crippen LogP contribution in [0.1, 0.15) is 0 Å². The normalized spacial score (nSPS) is 11.3. The molecule has 0 spiro atoms. The number of rotatable bonds is 3. The van der Waals surface area contributed by atoms with E-state index in [0.29, 0.717) is 10.5 Å². The molecular formula is C12H9BrF2N2O2S. The lowest BCUT2D eigenvalue weighted by Crippen LogP contribution is -2.15. The summed E-state index contributed by atoms with van der Waals surface area (Å²) in [6, 6.07) is 7.59. The molecule has 0 saturated carbocycles. The summed E-state index contributed by atoms with van der Waals surface area (Å²) < 4.78 is 53.5. The van der Waals surface area contributed by atoms with Gasteiger partial charge in [0, 0.05) is 10.5 Å². The largest absolute Gasteiger partial charge is 0.396 e. The van der Waals surface area contributed by atoms with E-state index in [0.717, 1.165) is 6.07 Å². The maximum atomic E-state index is 13.6. The van der Waals surface area contributed by atoms with Crippen LogP contribution in [-0.4, -0.2) is 8.42 Å². The third kappa shape index (κ3) is 2.91. The Kier molecular flexibility index (Phi) is 3.96. The van der Waals surface area contributed by atoms with E-state index < -0.39 is 32.2 Å². The maximum absolute atomic E-state index is 13.6. The summed E-state index contributed by atoms with van der Waals surface area (Å²) in [5, 5.41) is 0. The number of halogens is 3. The van der Waals surface area contributed by atoms with Gasteiger partial charge in [0.15, 0.2) is 0 Å². The van der Waals surface area contributed by atoms with Crippen molar-refractivity contribution in [1.29, 1.82) is 0 Å². The number of nitrogen functional groups attached to an aromatic ring is 1. The molecule has 0 aromatic heterocycles. The minimum Gasteiger partial charge on any atom is -0.396 e. The summed E-state index contributed by atoms with van der Waals surface area (Å²) in [6.07, 6.45) is 0. The molecule has 2 rings (SSSR count). The van der Waals surface area contributed by atoms with Crippen molar-refractivity contribution in [3.05, 3.63) is 52.5 Å². The number of nitrogens with two attached hydrogens (primary N) is 1. The van der Waals surface area contributed by atoms with Gasteiger partial charge in [-0.3, -0.25) is 4.72 Å². The predicted octanol–water partition coefficient (Wildman–Crippen LogP) is 3.11. The van der Waals surface area contributed by atoms with Crippen LogP contribution in [0, 0.1) is 11.6 Å². The summed E-state index contributed by atoms with van der Waals surface area (Å²) in [5.74, 6) is -2.22. The number of hydrogen-bond donors (Lipinski definition) is 2. The van der Waals surface area contributed by atoms with Gasteiger partial charge in [0.1, 0.15) is 16.5 Å². The second-order valence-corrected chi connectivity index (χ2v) is 6.39. The van der Waals surface area contributed by atoms with Gasteiger partial charge in [0.05, 0.1) is 11.4 Å². The highest BCUT2D eigenvalue weighted by atomic mass is 79.9. The van der Waals surface area contributed by atoms with E-state index in [1.165, 1.54) is 6.07 Å². The first-order valence-electron chi connectivity index (χ1n) is 5.33. The Morgan fingerprint density at radius 3 is 2.40 bits per heavy atom. The first-order valence-corrected chi connectivity index (χ1v) is 7.61.